The Balaban J connectivity index is 1.92. The number of hydrogen-bond acceptors (Lipinski definition) is 4. The van der Waals surface area contributed by atoms with Crippen LogP contribution in [0.15, 0.2) is 43.1 Å². The first-order valence-corrected chi connectivity index (χ1v) is 5.93. The summed E-state index contributed by atoms with van der Waals surface area (Å²) in [5.41, 5.74) is 8.58. The molecule has 0 spiro atoms. The quantitative estimate of drug-likeness (QED) is 0.764. The fourth-order valence-electron chi connectivity index (χ4n) is 1.97. The number of aromatic nitrogens is 5. The number of anilines is 1. The molecule has 0 radical (unpaired) electrons. The average Bonchev–Trinajstić information content (AvgIpc) is 3.00. The predicted octanol–water partition coefficient (Wildman–Crippen LogP) is 1.31. The van der Waals surface area contributed by atoms with Gasteiger partial charge in [0.05, 0.1) is 30.5 Å². The highest BCUT2D eigenvalue weighted by Crippen LogP contribution is 2.19. The molecule has 2 N–H and O–H groups in total. The minimum absolute atomic E-state index is 0.513. The highest BCUT2D eigenvalue weighted by atomic mass is 15.3. The van der Waals surface area contributed by atoms with Crippen molar-refractivity contribution >= 4 is 5.82 Å². The summed E-state index contributed by atoms with van der Waals surface area (Å²) in [4.78, 5) is 8.30. The van der Waals surface area contributed by atoms with E-state index in [0.717, 1.165) is 17.0 Å². The predicted molar refractivity (Wildman–Crippen MR) is 72.2 cm³/mol. The van der Waals surface area contributed by atoms with E-state index in [1.165, 1.54) is 0 Å². The van der Waals surface area contributed by atoms with E-state index in [2.05, 4.69) is 15.1 Å². The topological polar surface area (TPSA) is 74.5 Å². The standard InChI is InChI=1S/C13H14N6/c1-18-5-4-11(17-18)8-19-9-15-7-12(19)10-2-3-13(14)16-6-10/h2-7,9H,8H2,1H3,(H2,14,16). The second-order valence-corrected chi connectivity index (χ2v) is 4.36. The van der Waals surface area contributed by atoms with Crippen molar-refractivity contribution in [2.75, 3.05) is 5.73 Å². The van der Waals surface area contributed by atoms with E-state index in [-0.39, 0.29) is 0 Å². The lowest BCUT2D eigenvalue weighted by Gasteiger charge is -2.06. The Bertz CT molecular complexity index is 679. The summed E-state index contributed by atoms with van der Waals surface area (Å²) >= 11 is 0. The number of imidazole rings is 1. The molecule has 19 heavy (non-hydrogen) atoms. The van der Waals surface area contributed by atoms with Crippen molar-refractivity contribution in [2.45, 2.75) is 6.54 Å². The van der Waals surface area contributed by atoms with Gasteiger partial charge >= 0.3 is 0 Å². The van der Waals surface area contributed by atoms with Gasteiger partial charge < -0.3 is 10.3 Å². The van der Waals surface area contributed by atoms with Crippen molar-refractivity contribution in [2.24, 2.45) is 7.05 Å². The highest BCUT2D eigenvalue weighted by molar-refractivity contribution is 5.59. The van der Waals surface area contributed by atoms with Gasteiger partial charge in [0.15, 0.2) is 0 Å². The minimum Gasteiger partial charge on any atom is -0.384 e. The van der Waals surface area contributed by atoms with Crippen molar-refractivity contribution in [3.63, 3.8) is 0 Å². The van der Waals surface area contributed by atoms with Gasteiger partial charge in [-0.2, -0.15) is 5.10 Å². The fraction of sp³-hybridized carbons (Fsp3) is 0.154. The summed E-state index contributed by atoms with van der Waals surface area (Å²) in [6, 6.07) is 5.72. The Hall–Kier alpha value is -2.63. The molecule has 0 aliphatic heterocycles. The lowest BCUT2D eigenvalue weighted by molar-refractivity contribution is 0.708. The normalized spacial score (nSPS) is 10.8. The minimum atomic E-state index is 0.513. The molecule has 3 aromatic rings. The molecule has 6 nitrogen and oxygen atoms in total. The molecule has 0 saturated heterocycles. The molecule has 3 heterocycles. The molecule has 0 fully saturated rings. The highest BCUT2D eigenvalue weighted by Gasteiger charge is 2.07. The van der Waals surface area contributed by atoms with Crippen LogP contribution in [0.2, 0.25) is 0 Å². The SMILES string of the molecule is Cn1ccc(Cn2cncc2-c2ccc(N)nc2)n1. The number of pyridine rings is 1. The number of rotatable bonds is 3. The third kappa shape index (κ3) is 2.33. The van der Waals surface area contributed by atoms with Crippen molar-refractivity contribution in [1.82, 2.24) is 24.3 Å². The zero-order valence-corrected chi connectivity index (χ0v) is 10.6. The van der Waals surface area contributed by atoms with Gasteiger partial charge in [-0.25, -0.2) is 9.97 Å². The maximum atomic E-state index is 5.60. The van der Waals surface area contributed by atoms with E-state index in [0.29, 0.717) is 12.4 Å². The molecular formula is C13H14N6. The van der Waals surface area contributed by atoms with Crippen LogP contribution in [0.4, 0.5) is 5.82 Å². The van der Waals surface area contributed by atoms with Gasteiger partial charge in [0.25, 0.3) is 0 Å². The molecule has 0 atom stereocenters. The smallest absolute Gasteiger partial charge is 0.123 e. The Morgan fingerprint density at radius 1 is 1.21 bits per heavy atom. The van der Waals surface area contributed by atoms with Crippen LogP contribution in [0, 0.1) is 0 Å². The summed E-state index contributed by atoms with van der Waals surface area (Å²) in [5.74, 6) is 0.513. The molecule has 3 rings (SSSR count). The van der Waals surface area contributed by atoms with Crippen molar-refractivity contribution < 1.29 is 0 Å². The largest absolute Gasteiger partial charge is 0.384 e. The van der Waals surface area contributed by atoms with Crippen molar-refractivity contribution in [1.29, 1.82) is 0 Å². The third-order valence-corrected chi connectivity index (χ3v) is 2.90. The van der Waals surface area contributed by atoms with Gasteiger partial charge in [0.1, 0.15) is 5.82 Å². The lowest BCUT2D eigenvalue weighted by Crippen LogP contribution is -2.02. The van der Waals surface area contributed by atoms with Gasteiger partial charge in [-0.15, -0.1) is 0 Å². The molecule has 0 saturated carbocycles. The summed E-state index contributed by atoms with van der Waals surface area (Å²) in [7, 11) is 1.90. The zero-order chi connectivity index (χ0) is 13.2. The maximum Gasteiger partial charge on any atom is 0.123 e. The van der Waals surface area contributed by atoms with Crippen LogP contribution in [0.3, 0.4) is 0 Å². The Kier molecular flexibility index (Phi) is 2.75. The van der Waals surface area contributed by atoms with E-state index in [1.807, 2.05) is 36.1 Å². The number of hydrogen-bond donors (Lipinski definition) is 1. The third-order valence-electron chi connectivity index (χ3n) is 2.90. The monoisotopic (exact) mass is 254 g/mol. The van der Waals surface area contributed by atoms with Crippen LogP contribution in [0.1, 0.15) is 5.69 Å². The molecule has 3 aromatic heterocycles. The van der Waals surface area contributed by atoms with Gasteiger partial charge in [-0.05, 0) is 18.2 Å². The van der Waals surface area contributed by atoms with Crippen LogP contribution < -0.4 is 5.73 Å². The number of nitrogens with two attached hydrogens (primary N) is 1. The number of nitrogen functional groups attached to an aromatic ring is 1. The van der Waals surface area contributed by atoms with Crippen molar-refractivity contribution in [3.05, 3.63) is 48.8 Å². The maximum absolute atomic E-state index is 5.60. The molecule has 0 unspecified atom stereocenters. The molecule has 96 valence electrons. The summed E-state index contributed by atoms with van der Waals surface area (Å²) in [6.07, 6.45) is 7.29. The number of nitrogens with zero attached hydrogens (tertiary/aromatic N) is 5. The van der Waals surface area contributed by atoms with Crippen molar-refractivity contribution in [3.8, 4) is 11.3 Å². The summed E-state index contributed by atoms with van der Waals surface area (Å²) in [6.45, 7) is 0.681. The van der Waals surface area contributed by atoms with E-state index in [4.69, 9.17) is 5.73 Å². The summed E-state index contributed by atoms with van der Waals surface area (Å²) in [5, 5.41) is 4.37. The van der Waals surface area contributed by atoms with E-state index >= 15 is 0 Å². The molecule has 0 bridgehead atoms. The second kappa shape index (κ2) is 4.56. The van der Waals surface area contributed by atoms with E-state index in [1.54, 1.807) is 23.3 Å². The molecule has 0 aliphatic rings. The first kappa shape index (κ1) is 11.5. The van der Waals surface area contributed by atoms with E-state index < -0.39 is 0 Å². The van der Waals surface area contributed by atoms with Crippen LogP contribution in [0.5, 0.6) is 0 Å². The van der Waals surface area contributed by atoms with Crippen LogP contribution in [-0.4, -0.2) is 24.3 Å². The Morgan fingerprint density at radius 3 is 2.79 bits per heavy atom. The van der Waals surface area contributed by atoms with E-state index in [9.17, 15) is 0 Å². The lowest BCUT2D eigenvalue weighted by atomic mass is 10.2. The molecule has 0 amide bonds. The fourth-order valence-corrected chi connectivity index (χ4v) is 1.97. The second-order valence-electron chi connectivity index (χ2n) is 4.36. The average molecular weight is 254 g/mol. The van der Waals surface area contributed by atoms with Gasteiger partial charge in [0, 0.05) is 25.0 Å². The molecule has 0 aromatic carbocycles. The molecule has 0 aliphatic carbocycles. The first-order valence-electron chi connectivity index (χ1n) is 5.93. The van der Waals surface area contributed by atoms with Gasteiger partial charge in [-0.1, -0.05) is 0 Å². The van der Waals surface area contributed by atoms with Crippen LogP contribution >= 0.6 is 0 Å². The van der Waals surface area contributed by atoms with Crippen LogP contribution in [-0.2, 0) is 13.6 Å². The first-order chi connectivity index (χ1) is 9.22. The molecule has 6 heteroatoms. The zero-order valence-electron chi connectivity index (χ0n) is 10.6. The van der Waals surface area contributed by atoms with Crippen LogP contribution in [0.25, 0.3) is 11.3 Å². The number of aryl methyl sites for hydroxylation is 1. The van der Waals surface area contributed by atoms with Gasteiger partial charge in [0.2, 0.25) is 0 Å². The van der Waals surface area contributed by atoms with Gasteiger partial charge in [-0.3, -0.25) is 4.68 Å². The summed E-state index contributed by atoms with van der Waals surface area (Å²) < 4.78 is 3.83. The molecular weight excluding hydrogens is 240 g/mol. The Labute approximate surface area is 110 Å². The Morgan fingerprint density at radius 2 is 2.11 bits per heavy atom.